The van der Waals surface area contributed by atoms with Gasteiger partial charge in [0.25, 0.3) is 5.91 Å². The summed E-state index contributed by atoms with van der Waals surface area (Å²) in [6.45, 7) is 1.15. The molecule has 3 N–H and O–H groups in total. The van der Waals surface area contributed by atoms with E-state index in [1.807, 2.05) is 0 Å². The third kappa shape index (κ3) is 6.45. The fourth-order valence-electron chi connectivity index (χ4n) is 4.09. The summed E-state index contributed by atoms with van der Waals surface area (Å²) in [6.07, 6.45) is 3.78. The van der Waals surface area contributed by atoms with Crippen molar-refractivity contribution in [3.8, 4) is 11.5 Å². The van der Waals surface area contributed by atoms with Crippen LogP contribution in [0.15, 0.2) is 60.9 Å². The first-order chi connectivity index (χ1) is 17.9. The summed E-state index contributed by atoms with van der Waals surface area (Å²) in [5.41, 5.74) is 0.181. The minimum atomic E-state index is -0.974. The number of benzene rings is 2. The van der Waals surface area contributed by atoms with Crippen LogP contribution in [0.1, 0.15) is 49.5 Å². The molecule has 1 aliphatic rings. The van der Waals surface area contributed by atoms with Crippen LogP contribution in [0.4, 0.5) is 4.39 Å². The molecule has 2 heterocycles. The summed E-state index contributed by atoms with van der Waals surface area (Å²) < 4.78 is 25.2. The number of rotatable bonds is 7. The fraction of sp³-hybridized carbons (Fsp3) is 0.259. The summed E-state index contributed by atoms with van der Waals surface area (Å²) >= 11 is 0. The number of aromatic hydroxyl groups is 1. The summed E-state index contributed by atoms with van der Waals surface area (Å²) in [4.78, 5) is 42.3. The minimum Gasteiger partial charge on any atom is -0.507 e. The molecule has 0 saturated carbocycles. The number of esters is 1. The van der Waals surface area contributed by atoms with Gasteiger partial charge in [0.05, 0.1) is 18.7 Å². The van der Waals surface area contributed by atoms with Crippen LogP contribution in [-0.4, -0.2) is 60.1 Å². The Morgan fingerprint density at radius 2 is 1.71 bits per heavy atom. The van der Waals surface area contributed by atoms with E-state index >= 15 is 0 Å². The zero-order valence-electron chi connectivity index (χ0n) is 20.5. The maximum absolute atomic E-state index is 14.6. The van der Waals surface area contributed by atoms with E-state index in [4.69, 9.17) is 9.47 Å². The Morgan fingerprint density at radius 1 is 1.03 bits per heavy atom. The molecule has 1 fully saturated rings. The predicted molar refractivity (Wildman–Crippen MR) is 139 cm³/mol. The Bertz CT molecular complexity index is 1290. The van der Waals surface area contributed by atoms with Crippen molar-refractivity contribution in [2.24, 2.45) is 0 Å². The van der Waals surface area contributed by atoms with Gasteiger partial charge in [-0.05, 0) is 55.8 Å². The number of carbonyl (C=O) groups is 3. The number of methoxy groups -OCH3 is 1. The number of amides is 1. The number of phenols is 1. The highest BCUT2D eigenvalue weighted by atomic mass is 35.5. The van der Waals surface area contributed by atoms with Gasteiger partial charge < -0.3 is 25.2 Å². The lowest BCUT2D eigenvalue weighted by Gasteiger charge is -2.26. The second kappa shape index (κ2) is 13.0. The molecular formula is C27H27ClFN3O6. The lowest BCUT2D eigenvalue weighted by molar-refractivity contribution is 0.0192. The van der Waals surface area contributed by atoms with Crippen LogP contribution >= 0.6 is 12.4 Å². The van der Waals surface area contributed by atoms with Gasteiger partial charge >= 0.3 is 5.97 Å². The van der Waals surface area contributed by atoms with Crippen molar-refractivity contribution in [2.75, 3.05) is 20.2 Å². The molecule has 4 rings (SSSR count). The van der Waals surface area contributed by atoms with E-state index in [1.54, 1.807) is 12.1 Å². The van der Waals surface area contributed by atoms with Gasteiger partial charge in [-0.1, -0.05) is 12.1 Å². The average Bonchev–Trinajstić information content (AvgIpc) is 3.14. The van der Waals surface area contributed by atoms with E-state index in [-0.39, 0.29) is 35.2 Å². The molecule has 0 radical (unpaired) electrons. The van der Waals surface area contributed by atoms with Crippen LogP contribution in [0.3, 0.4) is 0 Å². The number of hydrogen-bond donors (Lipinski definition) is 3. The monoisotopic (exact) mass is 543 g/mol. The average molecular weight is 544 g/mol. The van der Waals surface area contributed by atoms with E-state index < -0.39 is 41.0 Å². The number of nitrogens with one attached hydrogen (secondary N) is 2. The molecule has 200 valence electrons. The number of ether oxygens (including phenoxy) is 2. The lowest BCUT2D eigenvalue weighted by Crippen LogP contribution is -2.49. The largest absolute Gasteiger partial charge is 0.507 e. The zero-order valence-corrected chi connectivity index (χ0v) is 21.3. The van der Waals surface area contributed by atoms with Crippen molar-refractivity contribution >= 4 is 30.1 Å². The Balaban J connectivity index is 0.00000400. The number of phenolic OH excluding ortho intramolecular Hbond substituents is 1. The van der Waals surface area contributed by atoms with Crippen molar-refractivity contribution in [1.29, 1.82) is 0 Å². The maximum atomic E-state index is 14.6. The standard InChI is InChI=1S/C27H26FN3O6.ClH/c1-36-22-9-8-20(32)23(24(22)28)25(33)16-4-6-18(7-5-16)27(35)37-21-3-2-12-30-15-19(21)31-26(34)17-10-13-29-14-11-17;/h4-11,13-14,19,21,30,32H,2-3,12,15H2,1H3,(H,31,34);1H/t19-,21-;/m1./s1. The highest BCUT2D eigenvalue weighted by Gasteiger charge is 2.29. The molecule has 0 aliphatic carbocycles. The number of carbonyl (C=O) groups excluding carboxylic acids is 3. The molecule has 0 unspecified atom stereocenters. The molecule has 1 aliphatic heterocycles. The number of pyridine rings is 1. The molecule has 0 bridgehead atoms. The molecule has 38 heavy (non-hydrogen) atoms. The normalized spacial score (nSPS) is 16.9. The van der Waals surface area contributed by atoms with Gasteiger partial charge in [-0.15, -0.1) is 12.4 Å². The summed E-state index contributed by atoms with van der Waals surface area (Å²) in [6, 6.07) is 10.6. The van der Waals surface area contributed by atoms with Gasteiger partial charge in [-0.3, -0.25) is 14.6 Å². The number of halogens is 2. The van der Waals surface area contributed by atoms with E-state index in [0.717, 1.165) is 13.0 Å². The summed E-state index contributed by atoms with van der Waals surface area (Å²) in [5, 5.41) is 16.2. The van der Waals surface area contributed by atoms with Crippen molar-refractivity contribution in [3.63, 3.8) is 0 Å². The van der Waals surface area contributed by atoms with E-state index in [1.165, 1.54) is 55.9 Å². The van der Waals surface area contributed by atoms with E-state index in [9.17, 15) is 23.9 Å². The Hall–Kier alpha value is -4.02. The molecular weight excluding hydrogens is 517 g/mol. The molecule has 1 amide bonds. The molecule has 1 saturated heterocycles. The molecule has 0 spiro atoms. The van der Waals surface area contributed by atoms with Crippen molar-refractivity contribution < 1.29 is 33.4 Å². The second-order valence-corrected chi connectivity index (χ2v) is 8.49. The second-order valence-electron chi connectivity index (χ2n) is 8.49. The van der Waals surface area contributed by atoms with E-state index in [2.05, 4.69) is 15.6 Å². The van der Waals surface area contributed by atoms with Crippen molar-refractivity contribution in [1.82, 2.24) is 15.6 Å². The molecule has 11 heteroatoms. The van der Waals surface area contributed by atoms with Gasteiger partial charge in [0.1, 0.15) is 17.4 Å². The predicted octanol–water partition coefficient (Wildman–Crippen LogP) is 3.30. The first-order valence-electron chi connectivity index (χ1n) is 11.7. The minimum absolute atomic E-state index is 0. The Labute approximate surface area is 224 Å². The first-order valence-corrected chi connectivity index (χ1v) is 11.7. The third-order valence-corrected chi connectivity index (χ3v) is 6.09. The molecule has 3 aromatic rings. The van der Waals surface area contributed by atoms with Gasteiger partial charge in [-0.2, -0.15) is 0 Å². The number of ketones is 1. The van der Waals surface area contributed by atoms with Crippen LogP contribution in [0.5, 0.6) is 11.5 Å². The van der Waals surface area contributed by atoms with Gasteiger partial charge in [0.2, 0.25) is 0 Å². The van der Waals surface area contributed by atoms with Crippen molar-refractivity contribution in [2.45, 2.75) is 25.0 Å². The summed E-state index contributed by atoms with van der Waals surface area (Å²) in [7, 11) is 1.25. The van der Waals surface area contributed by atoms with E-state index in [0.29, 0.717) is 18.5 Å². The van der Waals surface area contributed by atoms with Gasteiger partial charge in [0, 0.05) is 30.1 Å². The van der Waals surface area contributed by atoms with Gasteiger partial charge in [0.15, 0.2) is 17.3 Å². The third-order valence-electron chi connectivity index (χ3n) is 6.09. The smallest absolute Gasteiger partial charge is 0.338 e. The molecule has 2 aromatic carbocycles. The molecule has 9 nitrogen and oxygen atoms in total. The van der Waals surface area contributed by atoms with Crippen molar-refractivity contribution in [3.05, 3.63) is 89.0 Å². The SMILES string of the molecule is COc1ccc(O)c(C(=O)c2ccc(C(=O)O[C@@H]3CCCNC[C@H]3NC(=O)c3ccncc3)cc2)c1F.Cl. The highest BCUT2D eigenvalue weighted by Crippen LogP contribution is 2.30. The Kier molecular flexibility index (Phi) is 9.75. The first kappa shape index (κ1) is 28.5. The van der Waals surface area contributed by atoms with Gasteiger partial charge in [-0.25, -0.2) is 9.18 Å². The number of aromatic nitrogens is 1. The Morgan fingerprint density at radius 3 is 2.39 bits per heavy atom. The number of hydrogen-bond acceptors (Lipinski definition) is 8. The lowest BCUT2D eigenvalue weighted by atomic mass is 10.00. The fourth-order valence-corrected chi connectivity index (χ4v) is 4.09. The topological polar surface area (TPSA) is 127 Å². The molecule has 2 atom stereocenters. The van der Waals surface area contributed by atoms with Crippen LogP contribution in [-0.2, 0) is 4.74 Å². The number of nitrogens with zero attached hydrogens (tertiary/aromatic N) is 1. The highest BCUT2D eigenvalue weighted by molar-refractivity contribution is 6.11. The van der Waals surface area contributed by atoms with Crippen LogP contribution in [0.2, 0.25) is 0 Å². The maximum Gasteiger partial charge on any atom is 0.338 e. The quantitative estimate of drug-likeness (QED) is 0.306. The van der Waals surface area contributed by atoms with Crippen LogP contribution in [0.25, 0.3) is 0 Å². The summed E-state index contributed by atoms with van der Waals surface area (Å²) in [5.74, 6) is -3.35. The van der Waals surface area contributed by atoms with Crippen LogP contribution < -0.4 is 15.4 Å². The zero-order chi connectivity index (χ0) is 26.4. The van der Waals surface area contributed by atoms with Crippen LogP contribution in [0, 0.1) is 5.82 Å². The molecule has 1 aromatic heterocycles.